The molecular weight excluding hydrogens is 348 g/mol. The van der Waals surface area contributed by atoms with Gasteiger partial charge in [-0.25, -0.2) is 4.98 Å². The molecule has 0 aliphatic carbocycles. The van der Waals surface area contributed by atoms with Gasteiger partial charge in [-0.15, -0.1) is 0 Å². The molecule has 138 valence electrons. The van der Waals surface area contributed by atoms with Crippen LogP contribution in [-0.2, 0) is 16.6 Å². The fourth-order valence-electron chi connectivity index (χ4n) is 2.69. The molecule has 3 aromatic rings. The quantitative estimate of drug-likeness (QED) is 0.595. The minimum absolute atomic E-state index is 0.304. The zero-order valence-corrected chi connectivity index (χ0v) is 16.2. The summed E-state index contributed by atoms with van der Waals surface area (Å²) in [5, 5.41) is 3.57. The van der Waals surface area contributed by atoms with Gasteiger partial charge in [-0.1, -0.05) is 6.07 Å². The molecule has 0 aliphatic heterocycles. The van der Waals surface area contributed by atoms with Crippen LogP contribution in [0.2, 0.25) is 0 Å². The van der Waals surface area contributed by atoms with Gasteiger partial charge in [0.15, 0.2) is 5.16 Å². The summed E-state index contributed by atoms with van der Waals surface area (Å²) in [5.74, 6) is 1.10. The number of ether oxygens (including phenoxy) is 1. The monoisotopic (exact) mass is 372 g/mol. The molecule has 0 fully saturated rings. The summed E-state index contributed by atoms with van der Waals surface area (Å²) >= 11 is 0. The van der Waals surface area contributed by atoms with Gasteiger partial charge in [0.05, 0.1) is 39.9 Å². The molecule has 0 bridgehead atoms. The van der Waals surface area contributed by atoms with Gasteiger partial charge < -0.3 is 15.0 Å². The third-order valence-corrected chi connectivity index (χ3v) is 5.35. The summed E-state index contributed by atoms with van der Waals surface area (Å²) in [6.45, 7) is 5.52. The van der Waals surface area contributed by atoms with Crippen molar-refractivity contribution in [2.75, 3.05) is 20.2 Å². The van der Waals surface area contributed by atoms with E-state index in [0.717, 1.165) is 46.6 Å². The SMILES string of the molecule is CNCCCOc1ccnc(CS(=O)c2nc3ccc(C)cc3[nH]2)c1C. The van der Waals surface area contributed by atoms with E-state index in [1.165, 1.54) is 0 Å². The molecule has 2 N–H and O–H groups in total. The molecule has 7 heteroatoms. The summed E-state index contributed by atoms with van der Waals surface area (Å²) in [5.41, 5.74) is 4.56. The van der Waals surface area contributed by atoms with Crippen molar-refractivity contribution in [1.82, 2.24) is 20.3 Å². The van der Waals surface area contributed by atoms with Gasteiger partial charge in [0, 0.05) is 11.8 Å². The van der Waals surface area contributed by atoms with E-state index in [4.69, 9.17) is 4.74 Å². The Morgan fingerprint density at radius 2 is 2.12 bits per heavy atom. The lowest BCUT2D eigenvalue weighted by Gasteiger charge is -2.11. The number of benzene rings is 1. The fraction of sp³-hybridized carbons (Fsp3) is 0.368. The zero-order valence-electron chi connectivity index (χ0n) is 15.3. The second-order valence-electron chi connectivity index (χ2n) is 6.24. The minimum Gasteiger partial charge on any atom is -0.493 e. The number of aromatic amines is 1. The van der Waals surface area contributed by atoms with Gasteiger partial charge in [0.25, 0.3) is 0 Å². The molecule has 1 atom stereocenters. The smallest absolute Gasteiger partial charge is 0.197 e. The van der Waals surface area contributed by atoms with Crippen LogP contribution in [0.15, 0.2) is 35.6 Å². The lowest BCUT2D eigenvalue weighted by atomic mass is 10.2. The van der Waals surface area contributed by atoms with Crippen molar-refractivity contribution in [3.8, 4) is 5.75 Å². The molecule has 0 saturated heterocycles. The maximum atomic E-state index is 12.8. The number of nitrogens with one attached hydrogen (secondary N) is 2. The van der Waals surface area contributed by atoms with Crippen molar-refractivity contribution in [2.45, 2.75) is 31.2 Å². The normalized spacial score (nSPS) is 12.4. The Kier molecular flexibility index (Phi) is 6.00. The first kappa shape index (κ1) is 18.5. The molecule has 26 heavy (non-hydrogen) atoms. The average molecular weight is 372 g/mol. The first-order chi connectivity index (χ1) is 12.6. The number of pyridine rings is 1. The highest BCUT2D eigenvalue weighted by Gasteiger charge is 2.15. The summed E-state index contributed by atoms with van der Waals surface area (Å²) in [6, 6.07) is 7.79. The largest absolute Gasteiger partial charge is 0.493 e. The van der Waals surface area contributed by atoms with Crippen molar-refractivity contribution in [3.63, 3.8) is 0 Å². The molecule has 2 heterocycles. The highest BCUT2D eigenvalue weighted by Crippen LogP contribution is 2.22. The maximum Gasteiger partial charge on any atom is 0.197 e. The van der Waals surface area contributed by atoms with E-state index < -0.39 is 10.8 Å². The van der Waals surface area contributed by atoms with Crippen LogP contribution in [0.25, 0.3) is 11.0 Å². The Labute approximate surface area is 155 Å². The number of H-pyrrole nitrogens is 1. The molecule has 1 unspecified atom stereocenters. The van der Waals surface area contributed by atoms with Crippen LogP contribution < -0.4 is 10.1 Å². The van der Waals surface area contributed by atoms with Crippen molar-refractivity contribution >= 4 is 21.8 Å². The van der Waals surface area contributed by atoms with Crippen molar-refractivity contribution in [3.05, 3.63) is 47.3 Å². The topological polar surface area (TPSA) is 79.9 Å². The van der Waals surface area contributed by atoms with E-state index in [-0.39, 0.29) is 0 Å². The van der Waals surface area contributed by atoms with Gasteiger partial charge in [-0.2, -0.15) is 0 Å². The molecule has 1 aromatic carbocycles. The van der Waals surface area contributed by atoms with Crippen LogP contribution in [0.5, 0.6) is 5.75 Å². The van der Waals surface area contributed by atoms with E-state index in [0.29, 0.717) is 17.5 Å². The van der Waals surface area contributed by atoms with E-state index >= 15 is 0 Å². The van der Waals surface area contributed by atoms with Crippen LogP contribution in [0.1, 0.15) is 23.2 Å². The third-order valence-electron chi connectivity index (χ3n) is 4.19. The number of hydrogen-bond donors (Lipinski definition) is 2. The number of hydrogen-bond acceptors (Lipinski definition) is 5. The third kappa shape index (κ3) is 4.28. The van der Waals surface area contributed by atoms with Gasteiger partial charge in [-0.05, 0) is 57.6 Å². The predicted octanol–water partition coefficient (Wildman–Crippen LogP) is 2.87. The van der Waals surface area contributed by atoms with Crippen molar-refractivity contribution in [1.29, 1.82) is 0 Å². The number of aryl methyl sites for hydroxylation is 1. The Bertz CT molecular complexity index is 923. The lowest BCUT2D eigenvalue weighted by Crippen LogP contribution is -2.12. The molecule has 0 spiro atoms. The van der Waals surface area contributed by atoms with E-state index in [1.807, 2.05) is 45.2 Å². The van der Waals surface area contributed by atoms with Crippen molar-refractivity contribution < 1.29 is 8.95 Å². The van der Waals surface area contributed by atoms with Crippen LogP contribution in [0.3, 0.4) is 0 Å². The lowest BCUT2D eigenvalue weighted by molar-refractivity contribution is 0.307. The Morgan fingerprint density at radius 1 is 1.27 bits per heavy atom. The van der Waals surface area contributed by atoms with Gasteiger partial charge in [0.1, 0.15) is 5.75 Å². The van der Waals surface area contributed by atoms with Crippen LogP contribution in [0.4, 0.5) is 0 Å². The molecule has 0 radical (unpaired) electrons. The molecule has 0 aliphatic rings. The number of fused-ring (bicyclic) bond motifs is 1. The van der Waals surface area contributed by atoms with Crippen LogP contribution >= 0.6 is 0 Å². The molecule has 0 saturated carbocycles. The van der Waals surface area contributed by atoms with E-state index in [1.54, 1.807) is 6.20 Å². The molecule has 6 nitrogen and oxygen atoms in total. The maximum absolute atomic E-state index is 12.8. The molecule has 3 rings (SSSR count). The van der Waals surface area contributed by atoms with E-state index in [2.05, 4.69) is 20.3 Å². The van der Waals surface area contributed by atoms with Gasteiger partial charge in [0.2, 0.25) is 0 Å². The van der Waals surface area contributed by atoms with E-state index in [9.17, 15) is 4.21 Å². The standard InChI is InChI=1S/C19H24N4O2S/c1-13-5-6-15-16(11-13)23-19(22-15)26(24)12-17-14(2)18(7-9-21-17)25-10-4-8-20-3/h5-7,9,11,20H,4,8,10,12H2,1-3H3,(H,22,23). The van der Waals surface area contributed by atoms with Gasteiger partial charge >= 0.3 is 0 Å². The second kappa shape index (κ2) is 8.42. The molecular formula is C19H24N4O2S. The number of rotatable bonds is 8. The Balaban J connectivity index is 1.73. The Hall–Kier alpha value is -2.25. The highest BCUT2D eigenvalue weighted by atomic mass is 32.2. The van der Waals surface area contributed by atoms with Crippen LogP contribution in [-0.4, -0.2) is 39.4 Å². The molecule has 0 amide bonds. The first-order valence-corrected chi connectivity index (χ1v) is 9.97. The average Bonchev–Trinajstić information content (AvgIpc) is 3.05. The number of imidazole rings is 1. The Morgan fingerprint density at radius 3 is 2.92 bits per heavy atom. The predicted molar refractivity (Wildman–Crippen MR) is 104 cm³/mol. The minimum atomic E-state index is -1.30. The summed E-state index contributed by atoms with van der Waals surface area (Å²) in [4.78, 5) is 12.0. The number of nitrogens with zero attached hydrogens (tertiary/aromatic N) is 2. The van der Waals surface area contributed by atoms with Crippen molar-refractivity contribution in [2.24, 2.45) is 0 Å². The zero-order chi connectivity index (χ0) is 18.5. The number of aromatic nitrogens is 3. The fourth-order valence-corrected chi connectivity index (χ4v) is 3.79. The summed E-state index contributed by atoms with van der Waals surface area (Å²) < 4.78 is 18.6. The summed E-state index contributed by atoms with van der Waals surface area (Å²) in [6.07, 6.45) is 2.63. The second-order valence-corrected chi connectivity index (χ2v) is 7.61. The summed E-state index contributed by atoms with van der Waals surface area (Å²) in [7, 11) is 0.625. The van der Waals surface area contributed by atoms with Crippen LogP contribution in [0, 0.1) is 13.8 Å². The highest BCUT2D eigenvalue weighted by molar-refractivity contribution is 7.84. The van der Waals surface area contributed by atoms with Gasteiger partial charge in [-0.3, -0.25) is 9.19 Å². The molecule has 2 aromatic heterocycles. The first-order valence-electron chi connectivity index (χ1n) is 8.65.